The van der Waals surface area contributed by atoms with Crippen molar-refractivity contribution in [2.45, 2.75) is 24.9 Å². The maximum absolute atomic E-state index is 12.6. The van der Waals surface area contributed by atoms with Crippen LogP contribution in [0.5, 0.6) is 0 Å². The minimum Gasteiger partial charge on any atom is -0.354 e. The molecule has 1 aromatic heterocycles. The summed E-state index contributed by atoms with van der Waals surface area (Å²) in [5.74, 6) is -0.458. The van der Waals surface area contributed by atoms with Crippen molar-refractivity contribution in [3.63, 3.8) is 0 Å². The number of nitrogens with one attached hydrogen (secondary N) is 3. The number of amides is 3. The number of carbonyl (C=O) groups excluding carboxylic acids is 3. The van der Waals surface area contributed by atoms with Crippen LogP contribution in [-0.4, -0.2) is 65.5 Å². The third kappa shape index (κ3) is 3.43. The van der Waals surface area contributed by atoms with Gasteiger partial charge in [0.25, 0.3) is 5.91 Å². The molecule has 3 N–H and O–H groups in total. The molecule has 130 valence electrons. The van der Waals surface area contributed by atoms with Crippen LogP contribution in [0.2, 0.25) is 0 Å². The maximum Gasteiger partial charge on any atom is 0.270 e. The zero-order chi connectivity index (χ0) is 17.1. The van der Waals surface area contributed by atoms with E-state index >= 15 is 0 Å². The largest absolute Gasteiger partial charge is 0.354 e. The predicted octanol–water partition coefficient (Wildman–Crippen LogP) is -1.17. The summed E-state index contributed by atoms with van der Waals surface area (Å²) in [6, 6.07) is 2.61. The standard InChI is InChI=1S/C16H23N5O3/c1-20-8-3-5-13(20)16(24)21-9-7-17-12(10-21)15(23)19-11-4-2-6-18-14(11)22/h3,5,8,11-12,17H,2,4,6-7,9-10H2,1H3,(H,18,22)(H,19,23)/t11-,12+/m1/s1. The van der Waals surface area contributed by atoms with Gasteiger partial charge in [-0.15, -0.1) is 0 Å². The first kappa shape index (κ1) is 16.5. The van der Waals surface area contributed by atoms with Crippen LogP contribution in [0.4, 0.5) is 0 Å². The molecule has 2 atom stereocenters. The lowest BCUT2D eigenvalue weighted by Gasteiger charge is -2.34. The van der Waals surface area contributed by atoms with Gasteiger partial charge < -0.3 is 25.4 Å². The molecule has 2 aliphatic heterocycles. The molecular formula is C16H23N5O3. The molecule has 0 bridgehead atoms. The fraction of sp³-hybridized carbons (Fsp3) is 0.562. The maximum atomic E-state index is 12.6. The zero-order valence-electron chi connectivity index (χ0n) is 13.7. The Morgan fingerprint density at radius 1 is 1.33 bits per heavy atom. The van der Waals surface area contributed by atoms with E-state index in [4.69, 9.17) is 0 Å². The zero-order valence-corrected chi connectivity index (χ0v) is 13.7. The van der Waals surface area contributed by atoms with E-state index in [1.54, 1.807) is 15.5 Å². The first-order valence-electron chi connectivity index (χ1n) is 8.28. The molecule has 3 rings (SSSR count). The molecule has 1 aromatic rings. The van der Waals surface area contributed by atoms with Gasteiger partial charge in [-0.2, -0.15) is 0 Å². The van der Waals surface area contributed by atoms with Gasteiger partial charge in [-0.3, -0.25) is 14.4 Å². The van der Waals surface area contributed by atoms with E-state index in [1.807, 2.05) is 19.3 Å². The Balaban J connectivity index is 1.60. The summed E-state index contributed by atoms with van der Waals surface area (Å²) < 4.78 is 1.77. The van der Waals surface area contributed by atoms with E-state index in [0.29, 0.717) is 38.3 Å². The Morgan fingerprint density at radius 2 is 2.17 bits per heavy atom. The van der Waals surface area contributed by atoms with Gasteiger partial charge in [0.15, 0.2) is 0 Å². The van der Waals surface area contributed by atoms with Gasteiger partial charge in [-0.1, -0.05) is 0 Å². The van der Waals surface area contributed by atoms with Crippen LogP contribution in [0.3, 0.4) is 0 Å². The quantitative estimate of drug-likeness (QED) is 0.650. The lowest BCUT2D eigenvalue weighted by atomic mass is 10.1. The number of nitrogens with zero attached hydrogens (tertiary/aromatic N) is 2. The van der Waals surface area contributed by atoms with Crippen molar-refractivity contribution < 1.29 is 14.4 Å². The van der Waals surface area contributed by atoms with E-state index in [9.17, 15) is 14.4 Å². The molecule has 2 aliphatic rings. The Labute approximate surface area is 140 Å². The number of piperazine rings is 1. The highest BCUT2D eigenvalue weighted by molar-refractivity contribution is 5.94. The van der Waals surface area contributed by atoms with Gasteiger partial charge >= 0.3 is 0 Å². The van der Waals surface area contributed by atoms with Crippen molar-refractivity contribution in [2.24, 2.45) is 7.05 Å². The van der Waals surface area contributed by atoms with Crippen LogP contribution >= 0.6 is 0 Å². The predicted molar refractivity (Wildman–Crippen MR) is 87.3 cm³/mol. The minimum absolute atomic E-state index is 0.0859. The third-order valence-corrected chi connectivity index (χ3v) is 4.54. The number of hydrogen-bond acceptors (Lipinski definition) is 4. The number of rotatable bonds is 3. The summed E-state index contributed by atoms with van der Waals surface area (Å²) in [4.78, 5) is 38.5. The lowest BCUT2D eigenvalue weighted by molar-refractivity contribution is -0.131. The molecule has 2 fully saturated rings. The van der Waals surface area contributed by atoms with E-state index in [2.05, 4.69) is 16.0 Å². The first-order chi connectivity index (χ1) is 11.6. The van der Waals surface area contributed by atoms with Gasteiger partial charge in [0.1, 0.15) is 17.8 Å². The SMILES string of the molecule is Cn1cccc1C(=O)N1CCN[C@H](C(=O)N[C@@H]2CCCNC2=O)C1. The second-order valence-electron chi connectivity index (χ2n) is 6.26. The highest BCUT2D eigenvalue weighted by Gasteiger charge is 2.32. The molecule has 0 spiro atoms. The molecule has 0 aliphatic carbocycles. The smallest absolute Gasteiger partial charge is 0.270 e. The monoisotopic (exact) mass is 333 g/mol. The first-order valence-corrected chi connectivity index (χ1v) is 8.28. The number of hydrogen-bond donors (Lipinski definition) is 3. The van der Waals surface area contributed by atoms with E-state index in [-0.39, 0.29) is 17.7 Å². The van der Waals surface area contributed by atoms with E-state index in [0.717, 1.165) is 6.42 Å². The van der Waals surface area contributed by atoms with Crippen molar-refractivity contribution in [2.75, 3.05) is 26.2 Å². The van der Waals surface area contributed by atoms with Gasteiger partial charge in [0.05, 0.1) is 0 Å². The van der Waals surface area contributed by atoms with E-state index < -0.39 is 12.1 Å². The number of carbonyl (C=O) groups is 3. The van der Waals surface area contributed by atoms with Crippen LogP contribution in [0.25, 0.3) is 0 Å². The molecule has 0 radical (unpaired) electrons. The average Bonchev–Trinajstić information content (AvgIpc) is 3.02. The molecule has 3 amide bonds. The van der Waals surface area contributed by atoms with Crippen molar-refractivity contribution in [3.8, 4) is 0 Å². The molecule has 8 nitrogen and oxygen atoms in total. The summed E-state index contributed by atoms with van der Waals surface area (Å²) in [5, 5.41) is 8.66. The van der Waals surface area contributed by atoms with E-state index in [1.165, 1.54) is 0 Å². The fourth-order valence-corrected chi connectivity index (χ4v) is 3.14. The highest BCUT2D eigenvalue weighted by atomic mass is 16.2. The fourth-order valence-electron chi connectivity index (χ4n) is 3.14. The topological polar surface area (TPSA) is 95.5 Å². The number of aromatic nitrogens is 1. The second kappa shape index (κ2) is 7.04. The van der Waals surface area contributed by atoms with Crippen molar-refractivity contribution >= 4 is 17.7 Å². The van der Waals surface area contributed by atoms with Gasteiger partial charge in [-0.05, 0) is 25.0 Å². The number of piperidine rings is 1. The van der Waals surface area contributed by atoms with Crippen LogP contribution in [0.15, 0.2) is 18.3 Å². The summed E-state index contributed by atoms with van der Waals surface area (Å²) >= 11 is 0. The summed E-state index contributed by atoms with van der Waals surface area (Å²) in [7, 11) is 1.82. The molecule has 3 heterocycles. The second-order valence-corrected chi connectivity index (χ2v) is 6.26. The Hall–Kier alpha value is -2.35. The van der Waals surface area contributed by atoms with Gasteiger partial charge in [-0.25, -0.2) is 0 Å². The van der Waals surface area contributed by atoms with Crippen LogP contribution in [0, 0.1) is 0 Å². The van der Waals surface area contributed by atoms with Crippen molar-refractivity contribution in [3.05, 3.63) is 24.0 Å². The molecule has 0 unspecified atom stereocenters. The average molecular weight is 333 g/mol. The Morgan fingerprint density at radius 3 is 2.88 bits per heavy atom. The molecule has 0 saturated carbocycles. The van der Waals surface area contributed by atoms with Crippen LogP contribution in [0.1, 0.15) is 23.3 Å². The highest BCUT2D eigenvalue weighted by Crippen LogP contribution is 2.09. The normalized spacial score (nSPS) is 24.4. The molecule has 8 heteroatoms. The molecule has 0 aromatic carbocycles. The van der Waals surface area contributed by atoms with Gasteiger partial charge in [0.2, 0.25) is 11.8 Å². The third-order valence-electron chi connectivity index (χ3n) is 4.54. The summed E-state index contributed by atoms with van der Waals surface area (Å²) in [6.45, 7) is 2.05. The van der Waals surface area contributed by atoms with Crippen molar-refractivity contribution in [1.29, 1.82) is 0 Å². The molecular weight excluding hydrogens is 310 g/mol. The lowest BCUT2D eigenvalue weighted by Crippen LogP contribution is -2.61. The number of aryl methyl sites for hydroxylation is 1. The summed E-state index contributed by atoms with van der Waals surface area (Å²) in [5.41, 5.74) is 0.600. The molecule has 24 heavy (non-hydrogen) atoms. The van der Waals surface area contributed by atoms with Crippen molar-refractivity contribution in [1.82, 2.24) is 25.4 Å². The molecule has 2 saturated heterocycles. The summed E-state index contributed by atoms with van der Waals surface area (Å²) in [6.07, 6.45) is 3.32. The Bertz CT molecular complexity index is 641. The van der Waals surface area contributed by atoms with Crippen LogP contribution in [-0.2, 0) is 16.6 Å². The van der Waals surface area contributed by atoms with Gasteiger partial charge in [0, 0.05) is 39.4 Å². The van der Waals surface area contributed by atoms with Crippen LogP contribution < -0.4 is 16.0 Å². The Kier molecular flexibility index (Phi) is 4.84. The minimum atomic E-state index is -0.502.